The number of hydrogen-bond donors (Lipinski definition) is 2. The van der Waals surface area contributed by atoms with Crippen molar-refractivity contribution in [2.24, 2.45) is 0 Å². The first-order chi connectivity index (χ1) is 13.1. The Bertz CT molecular complexity index is 793. The fourth-order valence-corrected chi connectivity index (χ4v) is 2.32. The third kappa shape index (κ3) is 7.61. The number of carbonyl (C=O) groups is 2. The molecule has 0 bridgehead atoms. The molecule has 0 aromatic heterocycles. The molecule has 0 saturated heterocycles. The Labute approximate surface area is 159 Å². The molecule has 0 saturated carbocycles. The summed E-state index contributed by atoms with van der Waals surface area (Å²) in [5.74, 6) is 0.429. The second-order valence-corrected chi connectivity index (χ2v) is 6.12. The van der Waals surface area contributed by atoms with Gasteiger partial charge in [-0.25, -0.2) is 0 Å². The predicted octanol–water partition coefficient (Wildman–Crippen LogP) is 3.32. The zero-order valence-corrected chi connectivity index (χ0v) is 15.3. The minimum atomic E-state index is -0.303. The molecule has 0 aliphatic carbocycles. The number of anilines is 1. The predicted molar refractivity (Wildman–Crippen MR) is 103 cm³/mol. The van der Waals surface area contributed by atoms with E-state index < -0.39 is 0 Å². The van der Waals surface area contributed by atoms with Crippen molar-refractivity contribution in [3.63, 3.8) is 0 Å². The third-order valence-electron chi connectivity index (χ3n) is 3.80. The molecule has 0 aliphatic rings. The second-order valence-electron chi connectivity index (χ2n) is 6.12. The summed E-state index contributed by atoms with van der Waals surface area (Å²) in [6.45, 7) is 2.86. The highest BCUT2D eigenvalue weighted by atomic mass is 16.5. The first-order valence-electron chi connectivity index (χ1n) is 8.79. The topological polar surface area (TPSA) is 91.2 Å². The molecule has 0 heterocycles. The smallest absolute Gasteiger partial charge is 0.234 e. The van der Waals surface area contributed by atoms with Gasteiger partial charge in [-0.2, -0.15) is 5.26 Å². The van der Waals surface area contributed by atoms with Crippen LogP contribution < -0.4 is 15.4 Å². The van der Waals surface area contributed by atoms with Gasteiger partial charge in [-0.3, -0.25) is 9.59 Å². The fourth-order valence-electron chi connectivity index (χ4n) is 2.32. The first kappa shape index (κ1) is 20.0. The van der Waals surface area contributed by atoms with E-state index in [0.29, 0.717) is 31.7 Å². The molecule has 0 spiro atoms. The molecule has 6 heteroatoms. The number of rotatable bonds is 9. The summed E-state index contributed by atoms with van der Waals surface area (Å²) in [5, 5.41) is 13.9. The Morgan fingerprint density at radius 3 is 2.41 bits per heavy atom. The number of aryl methyl sites for hydroxylation is 1. The molecule has 0 radical (unpaired) electrons. The zero-order chi connectivity index (χ0) is 19.5. The average Bonchev–Trinajstić information content (AvgIpc) is 2.66. The minimum absolute atomic E-state index is 0.0717. The Morgan fingerprint density at radius 2 is 1.74 bits per heavy atom. The van der Waals surface area contributed by atoms with Gasteiger partial charge in [0.05, 0.1) is 12.7 Å². The van der Waals surface area contributed by atoms with Crippen LogP contribution in [0.25, 0.3) is 0 Å². The molecular weight excluding hydrogens is 342 g/mol. The largest absolute Gasteiger partial charge is 0.494 e. The summed E-state index contributed by atoms with van der Waals surface area (Å²) < 4.78 is 5.61. The molecule has 6 nitrogen and oxygen atoms in total. The van der Waals surface area contributed by atoms with Gasteiger partial charge in [0.25, 0.3) is 0 Å². The van der Waals surface area contributed by atoms with Crippen LogP contribution in [0.15, 0.2) is 48.5 Å². The highest BCUT2D eigenvalue weighted by Crippen LogP contribution is 2.13. The van der Waals surface area contributed by atoms with Crippen molar-refractivity contribution in [1.82, 2.24) is 5.32 Å². The summed E-state index contributed by atoms with van der Waals surface area (Å²) in [4.78, 5) is 23.2. The molecule has 2 amide bonds. The van der Waals surface area contributed by atoms with E-state index in [1.165, 1.54) is 5.56 Å². The number of amides is 2. The van der Waals surface area contributed by atoms with E-state index in [1.54, 1.807) is 18.2 Å². The lowest BCUT2D eigenvalue weighted by molar-refractivity contribution is -0.120. The van der Waals surface area contributed by atoms with Gasteiger partial charge >= 0.3 is 0 Å². The average molecular weight is 365 g/mol. The molecule has 2 aromatic rings. The van der Waals surface area contributed by atoms with Gasteiger partial charge in [0.15, 0.2) is 0 Å². The van der Waals surface area contributed by atoms with Crippen molar-refractivity contribution < 1.29 is 14.3 Å². The van der Waals surface area contributed by atoms with E-state index in [2.05, 4.69) is 10.6 Å². The van der Waals surface area contributed by atoms with Crippen molar-refractivity contribution >= 4 is 17.5 Å². The third-order valence-corrected chi connectivity index (χ3v) is 3.80. The van der Waals surface area contributed by atoms with Crippen LogP contribution in [0.4, 0.5) is 5.69 Å². The number of nitriles is 1. The van der Waals surface area contributed by atoms with Gasteiger partial charge < -0.3 is 15.4 Å². The van der Waals surface area contributed by atoms with Crippen LogP contribution in [0.2, 0.25) is 0 Å². The quantitative estimate of drug-likeness (QED) is 0.667. The van der Waals surface area contributed by atoms with Crippen LogP contribution in [-0.2, 0) is 16.1 Å². The number of ether oxygens (including phenoxy) is 1. The lowest BCUT2D eigenvalue weighted by atomic mass is 10.2. The van der Waals surface area contributed by atoms with E-state index in [9.17, 15) is 9.59 Å². The summed E-state index contributed by atoms with van der Waals surface area (Å²) in [6.07, 6.45) is 0.850. The lowest BCUT2D eigenvalue weighted by Crippen LogP contribution is -2.21. The van der Waals surface area contributed by atoms with E-state index in [1.807, 2.05) is 43.3 Å². The number of nitrogens with zero attached hydrogens (tertiary/aromatic N) is 1. The molecule has 27 heavy (non-hydrogen) atoms. The summed E-state index contributed by atoms with van der Waals surface area (Å²) in [6, 6.07) is 16.8. The molecule has 140 valence electrons. The van der Waals surface area contributed by atoms with Gasteiger partial charge in [0.2, 0.25) is 11.8 Å². The molecule has 0 atom stereocenters. The number of carbonyl (C=O) groups excluding carboxylic acids is 2. The number of benzene rings is 2. The summed E-state index contributed by atoms with van der Waals surface area (Å²) in [7, 11) is 0. The van der Waals surface area contributed by atoms with Crippen LogP contribution in [0, 0.1) is 18.3 Å². The van der Waals surface area contributed by atoms with Crippen molar-refractivity contribution in [3.8, 4) is 11.8 Å². The molecular formula is C21H23N3O3. The SMILES string of the molecule is Cc1ccc(OCCCC(=O)Nc2ccc(CNC(=O)CC#N)cc2)cc1. The molecule has 2 aromatic carbocycles. The van der Waals surface area contributed by atoms with Crippen LogP contribution in [0.5, 0.6) is 5.75 Å². The fraction of sp³-hybridized carbons (Fsp3) is 0.286. The van der Waals surface area contributed by atoms with Crippen LogP contribution >= 0.6 is 0 Å². The van der Waals surface area contributed by atoms with E-state index >= 15 is 0 Å². The Kier molecular flexibility index (Phi) is 7.86. The summed E-state index contributed by atoms with van der Waals surface area (Å²) in [5.41, 5.74) is 2.77. The highest BCUT2D eigenvalue weighted by molar-refractivity contribution is 5.90. The monoisotopic (exact) mass is 365 g/mol. The van der Waals surface area contributed by atoms with Crippen molar-refractivity contribution in [3.05, 3.63) is 59.7 Å². The molecule has 0 fully saturated rings. The standard InChI is InChI=1S/C21H23N3O3/c1-16-4-10-19(11-5-16)27-14-2-3-21(26)24-18-8-6-17(7-9-18)15-23-20(25)12-13-22/h4-11H,2-3,12,14-15H2,1H3,(H,23,25)(H,24,26). The van der Waals surface area contributed by atoms with E-state index in [0.717, 1.165) is 11.3 Å². The van der Waals surface area contributed by atoms with Gasteiger partial charge in [0, 0.05) is 18.7 Å². The van der Waals surface area contributed by atoms with Crippen LogP contribution in [0.1, 0.15) is 30.4 Å². The van der Waals surface area contributed by atoms with E-state index in [-0.39, 0.29) is 18.2 Å². The van der Waals surface area contributed by atoms with Crippen LogP contribution in [-0.4, -0.2) is 18.4 Å². The van der Waals surface area contributed by atoms with Crippen LogP contribution in [0.3, 0.4) is 0 Å². The van der Waals surface area contributed by atoms with Gasteiger partial charge in [-0.15, -0.1) is 0 Å². The Hall–Kier alpha value is -3.33. The second kappa shape index (κ2) is 10.6. The number of nitrogens with one attached hydrogen (secondary N) is 2. The Morgan fingerprint density at radius 1 is 1.04 bits per heavy atom. The molecule has 2 N–H and O–H groups in total. The minimum Gasteiger partial charge on any atom is -0.494 e. The lowest BCUT2D eigenvalue weighted by Gasteiger charge is -2.08. The first-order valence-corrected chi connectivity index (χ1v) is 8.79. The van der Waals surface area contributed by atoms with Gasteiger partial charge in [-0.05, 0) is 43.2 Å². The maximum atomic E-state index is 12.0. The maximum Gasteiger partial charge on any atom is 0.234 e. The summed E-state index contributed by atoms with van der Waals surface area (Å²) >= 11 is 0. The molecule has 0 aliphatic heterocycles. The van der Waals surface area contributed by atoms with Crippen molar-refractivity contribution in [2.45, 2.75) is 32.7 Å². The van der Waals surface area contributed by atoms with E-state index in [4.69, 9.17) is 10.00 Å². The Balaban J connectivity index is 1.67. The normalized spacial score (nSPS) is 9.93. The van der Waals surface area contributed by atoms with Crippen molar-refractivity contribution in [2.75, 3.05) is 11.9 Å². The van der Waals surface area contributed by atoms with Gasteiger partial charge in [0.1, 0.15) is 12.2 Å². The number of hydrogen-bond acceptors (Lipinski definition) is 4. The zero-order valence-electron chi connectivity index (χ0n) is 15.3. The van der Waals surface area contributed by atoms with Crippen molar-refractivity contribution in [1.29, 1.82) is 5.26 Å². The maximum absolute atomic E-state index is 12.0. The molecule has 0 unspecified atom stereocenters. The highest BCUT2D eigenvalue weighted by Gasteiger charge is 2.04. The molecule has 2 rings (SSSR count). The van der Waals surface area contributed by atoms with Gasteiger partial charge in [-0.1, -0.05) is 29.8 Å².